The van der Waals surface area contributed by atoms with Crippen LogP contribution in [0.5, 0.6) is 5.75 Å². The fourth-order valence-electron chi connectivity index (χ4n) is 3.89. The number of rotatable bonds is 9. The molecule has 5 heteroatoms. The van der Waals surface area contributed by atoms with Gasteiger partial charge in [0, 0.05) is 7.34 Å². The van der Waals surface area contributed by atoms with Gasteiger partial charge in [0.1, 0.15) is 17.6 Å². The predicted octanol–water partition coefficient (Wildman–Crippen LogP) is 5.18. The minimum absolute atomic E-state index is 0. The fraction of sp³-hybridized carbons (Fsp3) is 0.360. The second kappa shape index (κ2) is 9.16. The molecule has 1 fully saturated rings. The first-order chi connectivity index (χ1) is 14.7. The largest absolute Gasteiger partial charge is 0.494 e. The van der Waals surface area contributed by atoms with Crippen molar-refractivity contribution in [1.82, 2.24) is 5.43 Å². The summed E-state index contributed by atoms with van der Waals surface area (Å²) in [6, 6.07) is 17.2. The molecule has 2 aromatic carbocycles. The van der Waals surface area contributed by atoms with Gasteiger partial charge in [0.05, 0.1) is 23.8 Å². The zero-order valence-electron chi connectivity index (χ0n) is 17.5. The highest BCUT2D eigenvalue weighted by Crippen LogP contribution is 2.46. The average Bonchev–Trinajstić information content (AvgIpc) is 3.39. The number of ether oxygens (including phenoxy) is 2. The number of benzene rings is 2. The van der Waals surface area contributed by atoms with Crippen molar-refractivity contribution < 1.29 is 15.7 Å². The summed E-state index contributed by atoms with van der Waals surface area (Å²) in [6.45, 7) is 4.55. The van der Waals surface area contributed by atoms with Gasteiger partial charge in [-0.05, 0) is 43.5 Å². The first-order valence-corrected chi connectivity index (χ1v) is 10.7. The monoisotopic (exact) mass is 406 g/mol. The Morgan fingerprint density at radius 3 is 2.67 bits per heavy atom. The van der Waals surface area contributed by atoms with E-state index in [0.717, 1.165) is 36.3 Å². The molecule has 1 amide bonds. The third kappa shape index (κ3) is 4.40. The highest BCUT2D eigenvalue weighted by atomic mass is 16.5. The van der Waals surface area contributed by atoms with Gasteiger partial charge >= 0.3 is 0 Å². The zero-order chi connectivity index (χ0) is 20.9. The second-order valence-corrected chi connectivity index (χ2v) is 7.70. The number of carbonyl (C=O) groups excluding carboxylic acids is 1. The lowest BCUT2D eigenvalue weighted by Gasteiger charge is -2.21. The molecule has 158 valence electrons. The number of para-hydroxylation sites is 1. The van der Waals surface area contributed by atoms with Gasteiger partial charge in [0.2, 0.25) is 0 Å². The van der Waals surface area contributed by atoms with Crippen molar-refractivity contribution in [2.24, 2.45) is 16.9 Å². The van der Waals surface area contributed by atoms with Crippen molar-refractivity contribution >= 4 is 11.6 Å². The minimum atomic E-state index is -0.285. The van der Waals surface area contributed by atoms with E-state index >= 15 is 0 Å². The Morgan fingerprint density at radius 1 is 1.20 bits per heavy atom. The summed E-state index contributed by atoms with van der Waals surface area (Å²) in [5, 5.41) is 4.62. The van der Waals surface area contributed by atoms with Crippen LogP contribution in [0.15, 0.2) is 71.5 Å². The molecule has 1 N–H and O–H groups in total. The van der Waals surface area contributed by atoms with E-state index < -0.39 is 0 Å². The number of fused-ring (bicyclic) bond motifs is 1. The van der Waals surface area contributed by atoms with Crippen LogP contribution in [0, 0.1) is 11.8 Å². The van der Waals surface area contributed by atoms with E-state index in [1.807, 2.05) is 49.4 Å². The Kier molecular flexibility index (Phi) is 6.17. The lowest BCUT2D eigenvalue weighted by Crippen LogP contribution is -2.26. The van der Waals surface area contributed by atoms with Crippen LogP contribution in [-0.4, -0.2) is 24.3 Å². The van der Waals surface area contributed by atoms with Crippen LogP contribution in [-0.2, 0) is 4.74 Å². The first-order valence-electron chi connectivity index (χ1n) is 10.7. The molecule has 3 unspecified atom stereocenters. The molecule has 0 bridgehead atoms. The van der Waals surface area contributed by atoms with Crippen LogP contribution < -0.4 is 10.2 Å². The van der Waals surface area contributed by atoms with Crippen molar-refractivity contribution in [3.63, 3.8) is 0 Å². The predicted molar refractivity (Wildman–Crippen MR) is 120 cm³/mol. The van der Waals surface area contributed by atoms with Crippen molar-refractivity contribution in [1.29, 1.82) is 0 Å². The minimum Gasteiger partial charge on any atom is -0.494 e. The summed E-state index contributed by atoms with van der Waals surface area (Å²) in [5.41, 5.74) is 5.05. The lowest BCUT2D eigenvalue weighted by molar-refractivity contribution is 0.0950. The second-order valence-electron chi connectivity index (χ2n) is 7.70. The number of allylic oxidation sites excluding steroid dienone is 1. The molecular formula is C25H30N2O3. The fourth-order valence-corrected chi connectivity index (χ4v) is 3.89. The van der Waals surface area contributed by atoms with Gasteiger partial charge < -0.3 is 9.47 Å². The molecule has 1 aliphatic heterocycles. The van der Waals surface area contributed by atoms with E-state index in [-0.39, 0.29) is 13.3 Å². The Morgan fingerprint density at radius 2 is 1.97 bits per heavy atom. The SMILES string of the molecule is CCCC(C1=CC2CC2O1)/C(=N\NC(=O)c1ccccc1OCC)c1ccccc1.[HH]. The molecule has 0 radical (unpaired) electrons. The number of carbonyl (C=O) groups is 1. The highest BCUT2D eigenvalue weighted by molar-refractivity contribution is 6.05. The maximum Gasteiger partial charge on any atom is 0.275 e. The molecular weight excluding hydrogens is 376 g/mol. The van der Waals surface area contributed by atoms with E-state index in [2.05, 4.69) is 23.5 Å². The molecule has 0 saturated heterocycles. The van der Waals surface area contributed by atoms with Crippen molar-refractivity contribution in [3.8, 4) is 5.75 Å². The summed E-state index contributed by atoms with van der Waals surface area (Å²) < 4.78 is 11.7. The molecule has 1 heterocycles. The Balaban J connectivity index is 0.00000272. The zero-order valence-corrected chi connectivity index (χ0v) is 17.5. The summed E-state index contributed by atoms with van der Waals surface area (Å²) in [4.78, 5) is 12.9. The summed E-state index contributed by atoms with van der Waals surface area (Å²) in [6.07, 6.45) is 5.60. The molecule has 2 aromatic rings. The highest BCUT2D eigenvalue weighted by Gasteiger charge is 2.45. The van der Waals surface area contributed by atoms with Crippen molar-refractivity contribution in [3.05, 3.63) is 77.6 Å². The molecule has 0 spiro atoms. The Hall–Kier alpha value is -3.08. The molecule has 0 aromatic heterocycles. The number of hydrazone groups is 1. The van der Waals surface area contributed by atoms with Gasteiger partial charge in [-0.15, -0.1) is 0 Å². The number of nitrogens with one attached hydrogen (secondary N) is 1. The van der Waals surface area contributed by atoms with E-state index in [1.54, 1.807) is 12.1 Å². The quantitative estimate of drug-likeness (QED) is 0.461. The van der Waals surface area contributed by atoms with Crippen LogP contribution in [0.4, 0.5) is 0 Å². The number of nitrogens with zero attached hydrogens (tertiary/aromatic N) is 1. The molecule has 3 atom stereocenters. The lowest BCUT2D eigenvalue weighted by atomic mass is 9.90. The standard InChI is InChI=1S/C25H28N2O3.H2/c1-3-10-19(23-16-18-15-22(18)30-23)24(17-11-6-5-7-12-17)26-27-25(28)20-13-8-9-14-21(20)29-4-2;/h5-9,11-14,16,18-19,22H,3-4,10,15H2,1-2H3,(H,27,28);1H/b26-24-;. The molecule has 1 saturated carbocycles. The number of hydrogen-bond acceptors (Lipinski definition) is 4. The van der Waals surface area contributed by atoms with Gasteiger partial charge in [-0.3, -0.25) is 4.79 Å². The van der Waals surface area contributed by atoms with Crippen molar-refractivity contribution in [2.45, 2.75) is 39.2 Å². The Bertz CT molecular complexity index is 958. The van der Waals surface area contributed by atoms with Gasteiger partial charge in [0.25, 0.3) is 5.91 Å². The van der Waals surface area contributed by atoms with Crippen molar-refractivity contribution in [2.75, 3.05) is 6.61 Å². The molecule has 30 heavy (non-hydrogen) atoms. The number of hydrogen-bond donors (Lipinski definition) is 1. The van der Waals surface area contributed by atoms with Gasteiger partial charge in [-0.2, -0.15) is 5.10 Å². The van der Waals surface area contributed by atoms with Crippen LogP contribution in [0.1, 0.15) is 50.5 Å². The van der Waals surface area contributed by atoms with E-state index in [9.17, 15) is 4.79 Å². The Labute approximate surface area is 179 Å². The summed E-state index contributed by atoms with van der Waals surface area (Å²) in [7, 11) is 0. The van der Waals surface area contributed by atoms with E-state index in [4.69, 9.17) is 9.47 Å². The first kappa shape index (κ1) is 20.2. The topological polar surface area (TPSA) is 59.9 Å². The van der Waals surface area contributed by atoms with Gasteiger partial charge in [0.15, 0.2) is 0 Å². The van der Waals surface area contributed by atoms with Crippen LogP contribution >= 0.6 is 0 Å². The van der Waals surface area contributed by atoms with Crippen LogP contribution in [0.2, 0.25) is 0 Å². The molecule has 4 rings (SSSR count). The summed E-state index contributed by atoms with van der Waals surface area (Å²) in [5.74, 6) is 1.83. The van der Waals surface area contributed by atoms with Gasteiger partial charge in [-0.25, -0.2) is 5.43 Å². The third-order valence-corrected chi connectivity index (χ3v) is 5.47. The van der Waals surface area contributed by atoms with E-state index in [0.29, 0.717) is 29.9 Å². The van der Waals surface area contributed by atoms with Crippen LogP contribution in [0.25, 0.3) is 0 Å². The molecule has 2 aliphatic rings. The number of amides is 1. The molecule has 5 nitrogen and oxygen atoms in total. The average molecular weight is 407 g/mol. The molecule has 1 aliphatic carbocycles. The van der Waals surface area contributed by atoms with Crippen LogP contribution in [0.3, 0.4) is 0 Å². The third-order valence-electron chi connectivity index (χ3n) is 5.47. The van der Waals surface area contributed by atoms with Gasteiger partial charge in [-0.1, -0.05) is 55.8 Å². The van der Waals surface area contributed by atoms with E-state index in [1.165, 1.54) is 0 Å². The maximum absolute atomic E-state index is 12.9. The normalized spacial score (nSPS) is 20.6. The summed E-state index contributed by atoms with van der Waals surface area (Å²) >= 11 is 0. The maximum atomic E-state index is 12.9. The smallest absolute Gasteiger partial charge is 0.275 e.